The predicted molar refractivity (Wildman–Crippen MR) is 83.0 cm³/mol. The Kier molecular flexibility index (Phi) is 4.13. The van der Waals surface area contributed by atoms with E-state index in [2.05, 4.69) is 0 Å². The van der Waals surface area contributed by atoms with Crippen molar-refractivity contribution in [3.8, 4) is 5.75 Å². The van der Waals surface area contributed by atoms with Crippen molar-refractivity contribution in [1.29, 1.82) is 0 Å². The molecule has 0 radical (unpaired) electrons. The standard InChI is InChI=1S/C17H17ClO3/c1-2-9-20-17-14(19)10-16(17)21-15-8-7-13(18)11-5-3-4-6-12(11)15/h3-8,16-17H,2,9-10H2,1H3. The van der Waals surface area contributed by atoms with Crippen LogP contribution in [0.25, 0.3) is 10.8 Å². The van der Waals surface area contributed by atoms with Crippen molar-refractivity contribution in [1.82, 2.24) is 0 Å². The van der Waals surface area contributed by atoms with Crippen LogP contribution in [0.4, 0.5) is 0 Å². The van der Waals surface area contributed by atoms with Gasteiger partial charge in [-0.15, -0.1) is 0 Å². The number of rotatable bonds is 5. The van der Waals surface area contributed by atoms with Gasteiger partial charge in [0.2, 0.25) is 0 Å². The SMILES string of the molecule is CCCOC1C(=O)CC1Oc1ccc(Cl)c2ccccc12. The maximum Gasteiger partial charge on any atom is 0.169 e. The number of carbonyl (C=O) groups excluding carboxylic acids is 1. The van der Waals surface area contributed by atoms with Gasteiger partial charge in [0, 0.05) is 28.8 Å². The van der Waals surface area contributed by atoms with E-state index >= 15 is 0 Å². The summed E-state index contributed by atoms with van der Waals surface area (Å²) in [5.41, 5.74) is 0. The molecule has 1 aliphatic rings. The maximum absolute atomic E-state index is 11.6. The lowest BCUT2D eigenvalue weighted by molar-refractivity contribution is -0.154. The second-order valence-corrected chi connectivity index (χ2v) is 5.62. The highest BCUT2D eigenvalue weighted by Gasteiger charge is 2.42. The van der Waals surface area contributed by atoms with Gasteiger partial charge in [0.15, 0.2) is 11.9 Å². The highest BCUT2D eigenvalue weighted by Crippen LogP contribution is 2.34. The molecule has 0 N–H and O–H groups in total. The van der Waals surface area contributed by atoms with E-state index in [-0.39, 0.29) is 11.9 Å². The smallest absolute Gasteiger partial charge is 0.169 e. The normalized spacial score (nSPS) is 21.3. The van der Waals surface area contributed by atoms with Crippen molar-refractivity contribution < 1.29 is 14.3 Å². The molecule has 4 heteroatoms. The minimum atomic E-state index is -0.431. The van der Waals surface area contributed by atoms with Gasteiger partial charge in [-0.05, 0) is 18.6 Å². The van der Waals surface area contributed by atoms with Gasteiger partial charge >= 0.3 is 0 Å². The molecule has 2 aromatic carbocycles. The number of halogens is 1. The van der Waals surface area contributed by atoms with Gasteiger partial charge in [0.25, 0.3) is 0 Å². The first-order valence-corrected chi connectivity index (χ1v) is 7.56. The van der Waals surface area contributed by atoms with E-state index in [1.165, 1.54) is 0 Å². The molecule has 1 fully saturated rings. The zero-order chi connectivity index (χ0) is 14.8. The average molecular weight is 305 g/mol. The van der Waals surface area contributed by atoms with Crippen LogP contribution in [-0.2, 0) is 9.53 Å². The van der Waals surface area contributed by atoms with Crippen molar-refractivity contribution in [3.05, 3.63) is 41.4 Å². The van der Waals surface area contributed by atoms with E-state index in [0.717, 1.165) is 22.9 Å². The number of fused-ring (bicyclic) bond motifs is 1. The molecule has 0 amide bonds. The third-order valence-corrected chi connectivity index (χ3v) is 4.00. The van der Waals surface area contributed by atoms with E-state index in [4.69, 9.17) is 21.1 Å². The van der Waals surface area contributed by atoms with Gasteiger partial charge in [-0.25, -0.2) is 0 Å². The predicted octanol–water partition coefficient (Wildman–Crippen LogP) is 4.01. The zero-order valence-electron chi connectivity index (χ0n) is 11.8. The lowest BCUT2D eigenvalue weighted by atomic mass is 9.89. The van der Waals surface area contributed by atoms with Gasteiger partial charge in [0.1, 0.15) is 11.9 Å². The Hall–Kier alpha value is -1.58. The van der Waals surface area contributed by atoms with Crippen LogP contribution in [0, 0.1) is 0 Å². The van der Waals surface area contributed by atoms with Gasteiger partial charge in [-0.3, -0.25) is 4.79 Å². The Labute approximate surface area is 128 Å². The molecule has 1 saturated carbocycles. The second kappa shape index (κ2) is 6.04. The quantitative estimate of drug-likeness (QED) is 0.837. The first-order valence-electron chi connectivity index (χ1n) is 7.19. The van der Waals surface area contributed by atoms with Crippen LogP contribution in [0.5, 0.6) is 5.75 Å². The summed E-state index contributed by atoms with van der Waals surface area (Å²) >= 11 is 6.20. The fourth-order valence-corrected chi connectivity index (χ4v) is 2.75. The number of hydrogen-bond acceptors (Lipinski definition) is 3. The minimum Gasteiger partial charge on any atom is -0.486 e. The fraction of sp³-hybridized carbons (Fsp3) is 0.353. The van der Waals surface area contributed by atoms with Crippen LogP contribution in [0.1, 0.15) is 19.8 Å². The molecule has 2 aromatic rings. The van der Waals surface area contributed by atoms with E-state index in [1.54, 1.807) is 0 Å². The van der Waals surface area contributed by atoms with Gasteiger partial charge in [0.05, 0.1) is 0 Å². The average Bonchev–Trinajstić information content (AvgIpc) is 2.50. The topological polar surface area (TPSA) is 35.5 Å². The molecule has 0 heterocycles. The molecule has 110 valence electrons. The van der Waals surface area contributed by atoms with Crippen LogP contribution >= 0.6 is 11.6 Å². The number of hydrogen-bond donors (Lipinski definition) is 0. The highest BCUT2D eigenvalue weighted by atomic mass is 35.5. The van der Waals surface area contributed by atoms with Crippen molar-refractivity contribution in [2.45, 2.75) is 32.0 Å². The Bertz CT molecular complexity index is 668. The number of ether oxygens (including phenoxy) is 2. The molecule has 0 spiro atoms. The molecule has 2 atom stereocenters. The molecule has 0 saturated heterocycles. The summed E-state index contributed by atoms with van der Waals surface area (Å²) in [7, 11) is 0. The molecular weight excluding hydrogens is 288 g/mol. The molecule has 2 unspecified atom stereocenters. The van der Waals surface area contributed by atoms with Crippen LogP contribution in [-0.4, -0.2) is 24.6 Å². The Morgan fingerprint density at radius 3 is 2.67 bits per heavy atom. The lowest BCUT2D eigenvalue weighted by Crippen LogP contribution is -2.52. The Morgan fingerprint density at radius 1 is 1.19 bits per heavy atom. The van der Waals surface area contributed by atoms with Crippen LogP contribution in [0.3, 0.4) is 0 Å². The molecule has 3 rings (SSSR count). The lowest BCUT2D eigenvalue weighted by Gasteiger charge is -2.35. The first-order chi connectivity index (χ1) is 10.2. The van der Waals surface area contributed by atoms with Gasteiger partial charge < -0.3 is 9.47 Å². The summed E-state index contributed by atoms with van der Waals surface area (Å²) in [4.78, 5) is 11.6. The van der Waals surface area contributed by atoms with Crippen molar-refractivity contribution in [2.75, 3.05) is 6.61 Å². The largest absolute Gasteiger partial charge is 0.486 e. The molecule has 21 heavy (non-hydrogen) atoms. The van der Waals surface area contributed by atoms with Gasteiger partial charge in [-0.2, -0.15) is 0 Å². The summed E-state index contributed by atoms with van der Waals surface area (Å²) in [5, 5.41) is 2.60. The highest BCUT2D eigenvalue weighted by molar-refractivity contribution is 6.35. The van der Waals surface area contributed by atoms with E-state index in [9.17, 15) is 4.79 Å². The minimum absolute atomic E-state index is 0.117. The van der Waals surface area contributed by atoms with Gasteiger partial charge in [-0.1, -0.05) is 42.8 Å². The Balaban J connectivity index is 1.82. The molecule has 0 bridgehead atoms. The monoisotopic (exact) mass is 304 g/mol. The van der Waals surface area contributed by atoms with Crippen molar-refractivity contribution in [2.24, 2.45) is 0 Å². The zero-order valence-corrected chi connectivity index (χ0v) is 12.6. The third-order valence-electron chi connectivity index (χ3n) is 3.67. The van der Waals surface area contributed by atoms with Crippen molar-refractivity contribution >= 4 is 28.2 Å². The third kappa shape index (κ3) is 2.76. The fourth-order valence-electron chi connectivity index (χ4n) is 2.52. The Morgan fingerprint density at radius 2 is 1.95 bits per heavy atom. The summed E-state index contributed by atoms with van der Waals surface area (Å²) < 4.78 is 11.6. The van der Waals surface area contributed by atoms with E-state index in [1.807, 2.05) is 43.3 Å². The number of Topliss-reactive ketones (excluding diaryl/α,β-unsaturated/α-hetero) is 1. The second-order valence-electron chi connectivity index (χ2n) is 5.21. The maximum atomic E-state index is 11.6. The summed E-state index contributed by atoms with van der Waals surface area (Å²) in [6.45, 7) is 2.60. The first kappa shape index (κ1) is 14.4. The molecular formula is C17H17ClO3. The summed E-state index contributed by atoms with van der Waals surface area (Å²) in [6, 6.07) is 11.5. The van der Waals surface area contributed by atoms with Crippen molar-refractivity contribution in [3.63, 3.8) is 0 Å². The number of ketones is 1. The molecule has 0 aromatic heterocycles. The van der Waals surface area contributed by atoms with E-state index < -0.39 is 6.10 Å². The summed E-state index contributed by atoms with van der Waals surface area (Å²) in [5.74, 6) is 0.865. The van der Waals surface area contributed by atoms with E-state index in [0.29, 0.717) is 18.1 Å². The van der Waals surface area contributed by atoms with Crippen LogP contribution in [0.2, 0.25) is 5.02 Å². The molecule has 1 aliphatic carbocycles. The molecule has 0 aliphatic heterocycles. The number of carbonyl (C=O) groups is 1. The van der Waals surface area contributed by atoms with Crippen LogP contribution < -0.4 is 4.74 Å². The number of benzene rings is 2. The van der Waals surface area contributed by atoms with Crippen LogP contribution in [0.15, 0.2) is 36.4 Å². The summed E-state index contributed by atoms with van der Waals surface area (Å²) in [6.07, 6.45) is 0.666. The molecule has 3 nitrogen and oxygen atoms in total.